The van der Waals surface area contributed by atoms with Crippen LogP contribution in [0.15, 0.2) is 71.6 Å². The van der Waals surface area contributed by atoms with Crippen LogP contribution in [0.1, 0.15) is 55.7 Å². The summed E-state index contributed by atoms with van der Waals surface area (Å²) in [5, 5.41) is 3.89. The van der Waals surface area contributed by atoms with Gasteiger partial charge in [-0.3, -0.25) is 13.9 Å². The van der Waals surface area contributed by atoms with E-state index in [1.807, 2.05) is 19.9 Å². The molecular formula is C32H37Cl2N3O4S. The molecule has 0 aromatic heterocycles. The van der Waals surface area contributed by atoms with Crippen LogP contribution in [0.25, 0.3) is 0 Å². The molecule has 1 aliphatic carbocycles. The van der Waals surface area contributed by atoms with Crippen LogP contribution in [0.3, 0.4) is 0 Å². The summed E-state index contributed by atoms with van der Waals surface area (Å²) >= 11 is 12.6. The zero-order valence-electron chi connectivity index (χ0n) is 24.1. The largest absolute Gasteiger partial charge is 0.352 e. The molecule has 42 heavy (non-hydrogen) atoms. The van der Waals surface area contributed by atoms with Crippen molar-refractivity contribution in [2.45, 2.75) is 76.4 Å². The molecule has 0 spiro atoms. The average Bonchev–Trinajstić information content (AvgIpc) is 2.95. The van der Waals surface area contributed by atoms with Crippen LogP contribution in [0, 0.1) is 13.8 Å². The van der Waals surface area contributed by atoms with E-state index in [1.165, 1.54) is 17.0 Å². The van der Waals surface area contributed by atoms with Gasteiger partial charge in [-0.2, -0.15) is 0 Å². The van der Waals surface area contributed by atoms with Crippen LogP contribution < -0.4 is 9.62 Å². The van der Waals surface area contributed by atoms with Gasteiger partial charge in [0.1, 0.15) is 12.6 Å². The number of halogens is 2. The minimum atomic E-state index is -4.13. The number of carbonyl (C=O) groups excluding carboxylic acids is 2. The molecule has 0 radical (unpaired) electrons. The summed E-state index contributed by atoms with van der Waals surface area (Å²) in [7, 11) is -4.13. The molecule has 0 unspecified atom stereocenters. The Balaban J connectivity index is 1.69. The van der Waals surface area contributed by atoms with Crippen molar-refractivity contribution in [3.63, 3.8) is 0 Å². The smallest absolute Gasteiger partial charge is 0.264 e. The average molecular weight is 631 g/mol. The first-order valence-electron chi connectivity index (χ1n) is 14.2. The Morgan fingerprint density at radius 3 is 2.26 bits per heavy atom. The summed E-state index contributed by atoms with van der Waals surface area (Å²) in [5.41, 5.74) is 2.70. The Labute approximate surface area is 258 Å². The van der Waals surface area contributed by atoms with Crippen molar-refractivity contribution in [3.05, 3.63) is 93.5 Å². The Bertz CT molecular complexity index is 1520. The maximum atomic E-state index is 14.1. The highest BCUT2D eigenvalue weighted by Gasteiger charge is 2.33. The molecule has 1 atom stereocenters. The molecular weight excluding hydrogens is 593 g/mol. The van der Waals surface area contributed by atoms with Crippen molar-refractivity contribution < 1.29 is 18.0 Å². The molecule has 0 saturated heterocycles. The van der Waals surface area contributed by atoms with E-state index in [4.69, 9.17) is 23.2 Å². The van der Waals surface area contributed by atoms with Gasteiger partial charge in [0, 0.05) is 22.6 Å². The highest BCUT2D eigenvalue weighted by Crippen LogP contribution is 2.27. The zero-order chi connectivity index (χ0) is 30.4. The van der Waals surface area contributed by atoms with Gasteiger partial charge >= 0.3 is 0 Å². The van der Waals surface area contributed by atoms with Crippen molar-refractivity contribution >= 4 is 50.7 Å². The number of rotatable bonds is 10. The minimum Gasteiger partial charge on any atom is -0.352 e. The van der Waals surface area contributed by atoms with Crippen molar-refractivity contribution in [2.75, 3.05) is 10.8 Å². The molecule has 1 aliphatic rings. The highest BCUT2D eigenvalue weighted by molar-refractivity contribution is 7.92. The summed E-state index contributed by atoms with van der Waals surface area (Å²) in [6, 6.07) is 17.6. The van der Waals surface area contributed by atoms with E-state index in [9.17, 15) is 18.0 Å². The van der Waals surface area contributed by atoms with Crippen LogP contribution >= 0.6 is 23.2 Å². The lowest BCUT2D eigenvalue weighted by molar-refractivity contribution is -0.139. The van der Waals surface area contributed by atoms with Gasteiger partial charge in [-0.25, -0.2) is 8.42 Å². The van der Waals surface area contributed by atoms with Gasteiger partial charge in [0.2, 0.25) is 11.8 Å². The number of amides is 2. The van der Waals surface area contributed by atoms with Gasteiger partial charge in [0.05, 0.1) is 10.6 Å². The van der Waals surface area contributed by atoms with E-state index < -0.39 is 28.5 Å². The predicted octanol–water partition coefficient (Wildman–Crippen LogP) is 6.67. The number of benzene rings is 3. The molecule has 4 rings (SSSR count). The second-order valence-corrected chi connectivity index (χ2v) is 13.6. The van der Waals surface area contributed by atoms with Gasteiger partial charge < -0.3 is 10.2 Å². The SMILES string of the molecule is Cc1ccc(S(=O)(=O)N(CC(=O)N(Cc2ccc(Cl)cc2Cl)[C@H](C)C(=O)NC2CCCCC2)c2cccc(C)c2)cc1. The predicted molar refractivity (Wildman–Crippen MR) is 168 cm³/mol. The first kappa shape index (κ1) is 31.9. The maximum absolute atomic E-state index is 14.1. The zero-order valence-corrected chi connectivity index (χ0v) is 26.5. The fraction of sp³-hybridized carbons (Fsp3) is 0.375. The molecule has 7 nitrogen and oxygen atoms in total. The molecule has 1 saturated carbocycles. The quantitative estimate of drug-likeness (QED) is 0.271. The molecule has 0 aliphatic heterocycles. The molecule has 10 heteroatoms. The van der Waals surface area contributed by atoms with E-state index in [1.54, 1.807) is 55.5 Å². The van der Waals surface area contributed by atoms with E-state index in [0.29, 0.717) is 21.3 Å². The van der Waals surface area contributed by atoms with Crippen molar-refractivity contribution in [2.24, 2.45) is 0 Å². The molecule has 3 aromatic carbocycles. The number of sulfonamides is 1. The Hall–Kier alpha value is -3.07. The monoisotopic (exact) mass is 629 g/mol. The number of nitrogens with one attached hydrogen (secondary N) is 1. The molecule has 224 valence electrons. The van der Waals surface area contributed by atoms with Gasteiger partial charge in [-0.1, -0.05) is 78.4 Å². The number of aryl methyl sites for hydroxylation is 2. The lowest BCUT2D eigenvalue weighted by atomic mass is 9.95. The van der Waals surface area contributed by atoms with Crippen LogP contribution in [0.2, 0.25) is 10.0 Å². The Morgan fingerprint density at radius 2 is 1.62 bits per heavy atom. The summed E-state index contributed by atoms with van der Waals surface area (Å²) in [4.78, 5) is 29.0. The Morgan fingerprint density at radius 1 is 0.929 bits per heavy atom. The van der Waals surface area contributed by atoms with Gasteiger partial charge in [-0.15, -0.1) is 0 Å². The molecule has 2 amide bonds. The van der Waals surface area contributed by atoms with E-state index in [0.717, 1.165) is 47.5 Å². The summed E-state index contributed by atoms with van der Waals surface area (Å²) < 4.78 is 29.0. The lowest BCUT2D eigenvalue weighted by Crippen LogP contribution is -2.53. The molecule has 1 N–H and O–H groups in total. The van der Waals surface area contributed by atoms with Crippen LogP contribution in [-0.2, 0) is 26.2 Å². The minimum absolute atomic E-state index is 0.000323. The van der Waals surface area contributed by atoms with Crippen LogP contribution in [0.4, 0.5) is 5.69 Å². The third-order valence-corrected chi connectivity index (χ3v) is 10.0. The van der Waals surface area contributed by atoms with E-state index in [-0.39, 0.29) is 23.4 Å². The van der Waals surface area contributed by atoms with Gasteiger partial charge in [0.15, 0.2) is 0 Å². The van der Waals surface area contributed by atoms with Gasteiger partial charge in [0.25, 0.3) is 10.0 Å². The normalized spacial score (nSPS) is 14.7. The first-order valence-corrected chi connectivity index (χ1v) is 16.3. The maximum Gasteiger partial charge on any atom is 0.264 e. The third kappa shape index (κ3) is 7.85. The fourth-order valence-corrected chi connectivity index (χ4v) is 7.01. The molecule has 1 fully saturated rings. The van der Waals surface area contributed by atoms with Crippen molar-refractivity contribution in [1.29, 1.82) is 0 Å². The fourth-order valence-electron chi connectivity index (χ4n) is 5.13. The number of hydrogen-bond donors (Lipinski definition) is 1. The highest BCUT2D eigenvalue weighted by atomic mass is 35.5. The number of anilines is 1. The van der Waals surface area contributed by atoms with E-state index in [2.05, 4.69) is 5.32 Å². The topological polar surface area (TPSA) is 86.8 Å². The van der Waals surface area contributed by atoms with Crippen molar-refractivity contribution in [1.82, 2.24) is 10.2 Å². The number of carbonyl (C=O) groups is 2. The third-order valence-electron chi connectivity index (χ3n) is 7.65. The summed E-state index contributed by atoms with van der Waals surface area (Å²) in [5.74, 6) is -0.826. The van der Waals surface area contributed by atoms with Crippen LogP contribution in [-0.4, -0.2) is 43.8 Å². The molecule has 3 aromatic rings. The van der Waals surface area contributed by atoms with Gasteiger partial charge in [-0.05, 0) is 81.1 Å². The second-order valence-electron chi connectivity index (χ2n) is 10.9. The first-order chi connectivity index (χ1) is 20.0. The molecule has 0 bridgehead atoms. The summed E-state index contributed by atoms with van der Waals surface area (Å²) in [6.45, 7) is 4.88. The second kappa shape index (κ2) is 13.9. The number of hydrogen-bond acceptors (Lipinski definition) is 4. The van der Waals surface area contributed by atoms with Crippen LogP contribution in [0.5, 0.6) is 0 Å². The van der Waals surface area contributed by atoms with E-state index >= 15 is 0 Å². The number of nitrogens with zero attached hydrogens (tertiary/aromatic N) is 2. The Kier molecular flexibility index (Phi) is 10.6. The standard InChI is InChI=1S/C32H37Cl2N3O4S/c1-22-12-16-29(17-13-22)42(40,41)37(28-11-7-8-23(2)18-28)21-31(38)36(20-25-14-15-26(33)19-30(25)34)24(3)32(39)35-27-9-5-4-6-10-27/h7-8,11-19,24,27H,4-6,9-10,20-21H2,1-3H3,(H,35,39)/t24-/m1/s1. The lowest BCUT2D eigenvalue weighted by Gasteiger charge is -2.33. The molecule has 0 heterocycles. The van der Waals surface area contributed by atoms with Crippen molar-refractivity contribution in [3.8, 4) is 0 Å². The summed E-state index contributed by atoms with van der Waals surface area (Å²) in [6.07, 6.45) is 5.03.